The van der Waals surface area contributed by atoms with Crippen LogP contribution in [0.25, 0.3) is 10.6 Å². The predicted molar refractivity (Wildman–Crippen MR) is 71.0 cm³/mol. The number of carbonyl (C=O) groups is 1. The van der Waals surface area contributed by atoms with Gasteiger partial charge >= 0.3 is 5.97 Å². The molecule has 0 aromatic carbocycles. The van der Waals surface area contributed by atoms with Crippen LogP contribution in [0.4, 0.5) is 0 Å². The molecular weight excluding hydrogens is 264 g/mol. The smallest absolute Gasteiger partial charge is 0.305 e. The van der Waals surface area contributed by atoms with E-state index in [-0.39, 0.29) is 18.5 Å². The van der Waals surface area contributed by atoms with E-state index in [1.807, 2.05) is 23.6 Å². The van der Waals surface area contributed by atoms with E-state index in [2.05, 4.69) is 0 Å². The third kappa shape index (κ3) is 2.72. The molecule has 2 rings (SSSR count). The van der Waals surface area contributed by atoms with Crippen LogP contribution in [-0.4, -0.2) is 15.6 Å². The molecule has 0 spiro atoms. The summed E-state index contributed by atoms with van der Waals surface area (Å²) >= 11 is 1.46. The fourth-order valence-corrected chi connectivity index (χ4v) is 2.49. The minimum Gasteiger partial charge on any atom is -0.481 e. The Morgan fingerprint density at radius 2 is 2.21 bits per heavy atom. The molecule has 6 heteroatoms. The molecule has 0 aliphatic heterocycles. The molecule has 5 nitrogen and oxygen atoms in total. The number of nitrogens with zero attached hydrogens (tertiary/aromatic N) is 2. The van der Waals surface area contributed by atoms with Crippen LogP contribution in [0.15, 0.2) is 34.4 Å². The summed E-state index contributed by atoms with van der Waals surface area (Å²) in [5.74, 6) is -0.980. The molecule has 2 aromatic heterocycles. The van der Waals surface area contributed by atoms with Crippen LogP contribution in [0.5, 0.6) is 0 Å². The van der Waals surface area contributed by atoms with Crippen LogP contribution >= 0.6 is 11.3 Å². The minimum atomic E-state index is -0.980. The first kappa shape index (κ1) is 13.1. The summed E-state index contributed by atoms with van der Waals surface area (Å²) in [6.45, 7) is 0.0525. The zero-order chi connectivity index (χ0) is 13.8. The maximum atomic E-state index is 12.1. The second-order valence-corrected chi connectivity index (χ2v) is 4.77. The van der Waals surface area contributed by atoms with Gasteiger partial charge in [-0.25, -0.2) is 0 Å². The summed E-state index contributed by atoms with van der Waals surface area (Å²) in [5.41, 5.74) is 0.209. The number of thiophene rings is 1. The van der Waals surface area contributed by atoms with E-state index < -0.39 is 11.5 Å². The van der Waals surface area contributed by atoms with Gasteiger partial charge in [-0.2, -0.15) is 5.26 Å². The van der Waals surface area contributed by atoms with E-state index in [1.165, 1.54) is 22.0 Å². The van der Waals surface area contributed by atoms with E-state index in [0.717, 1.165) is 4.88 Å². The molecule has 0 unspecified atom stereocenters. The van der Waals surface area contributed by atoms with Crippen LogP contribution < -0.4 is 5.56 Å². The lowest BCUT2D eigenvalue weighted by Crippen LogP contribution is -2.25. The van der Waals surface area contributed by atoms with Gasteiger partial charge in [-0.05, 0) is 23.6 Å². The number of aliphatic carboxylic acids is 1. The normalized spacial score (nSPS) is 10.1. The lowest BCUT2D eigenvalue weighted by Gasteiger charge is -2.10. The van der Waals surface area contributed by atoms with Crippen molar-refractivity contribution in [1.29, 1.82) is 5.26 Å². The summed E-state index contributed by atoms with van der Waals surface area (Å²) in [7, 11) is 0. The highest BCUT2D eigenvalue weighted by Gasteiger charge is 2.12. The third-order valence-corrected chi connectivity index (χ3v) is 3.51. The molecule has 1 N–H and O–H groups in total. The SMILES string of the molecule is N#Cc1ccc(-c2cccs2)n(CCC(=O)O)c1=O. The van der Waals surface area contributed by atoms with Crippen LogP contribution in [0.1, 0.15) is 12.0 Å². The van der Waals surface area contributed by atoms with E-state index >= 15 is 0 Å². The Balaban J connectivity index is 2.55. The van der Waals surface area contributed by atoms with Gasteiger partial charge in [0.25, 0.3) is 5.56 Å². The average molecular weight is 274 g/mol. The Kier molecular flexibility index (Phi) is 3.78. The molecule has 0 bridgehead atoms. The summed E-state index contributed by atoms with van der Waals surface area (Å²) in [6, 6.07) is 8.66. The molecule has 0 aliphatic carbocycles. The van der Waals surface area contributed by atoms with Crippen molar-refractivity contribution in [3.8, 4) is 16.6 Å². The number of hydrogen-bond donors (Lipinski definition) is 1. The standard InChI is InChI=1S/C13H10N2O3S/c14-8-9-3-4-10(11-2-1-7-19-11)15(13(9)18)6-5-12(16)17/h1-4,7H,5-6H2,(H,16,17). The highest BCUT2D eigenvalue weighted by atomic mass is 32.1. The third-order valence-electron chi connectivity index (χ3n) is 2.62. The molecule has 19 heavy (non-hydrogen) atoms. The van der Waals surface area contributed by atoms with Gasteiger partial charge in [0.2, 0.25) is 0 Å². The number of nitriles is 1. The Hall–Kier alpha value is -2.39. The molecule has 2 heterocycles. The van der Waals surface area contributed by atoms with E-state index in [4.69, 9.17) is 10.4 Å². The van der Waals surface area contributed by atoms with Gasteiger partial charge in [-0.3, -0.25) is 9.59 Å². The first-order valence-electron chi connectivity index (χ1n) is 5.53. The van der Waals surface area contributed by atoms with Crippen molar-refractivity contribution < 1.29 is 9.90 Å². The number of carboxylic acids is 1. The molecule has 2 aromatic rings. The number of pyridine rings is 1. The summed E-state index contributed by atoms with van der Waals surface area (Å²) in [5, 5.41) is 19.5. The zero-order valence-electron chi connectivity index (χ0n) is 9.87. The van der Waals surface area contributed by atoms with Crippen molar-refractivity contribution in [3.05, 3.63) is 45.6 Å². The summed E-state index contributed by atoms with van der Waals surface area (Å²) < 4.78 is 1.35. The van der Waals surface area contributed by atoms with Crippen molar-refractivity contribution >= 4 is 17.3 Å². The van der Waals surface area contributed by atoms with Crippen molar-refractivity contribution in [2.45, 2.75) is 13.0 Å². The Morgan fingerprint density at radius 3 is 2.79 bits per heavy atom. The summed E-state index contributed by atoms with van der Waals surface area (Å²) in [6.07, 6.45) is -0.160. The Bertz CT molecular complexity index is 696. The van der Waals surface area contributed by atoms with Gasteiger partial charge in [-0.15, -0.1) is 11.3 Å². The van der Waals surface area contributed by atoms with Crippen molar-refractivity contribution in [2.24, 2.45) is 0 Å². The lowest BCUT2D eigenvalue weighted by atomic mass is 10.2. The van der Waals surface area contributed by atoms with Gasteiger partial charge in [0.1, 0.15) is 11.6 Å². The van der Waals surface area contributed by atoms with Gasteiger partial charge in [0.15, 0.2) is 0 Å². The van der Waals surface area contributed by atoms with Crippen LogP contribution in [0.3, 0.4) is 0 Å². The molecule has 0 amide bonds. The lowest BCUT2D eigenvalue weighted by molar-refractivity contribution is -0.137. The van der Waals surface area contributed by atoms with Gasteiger partial charge in [-0.1, -0.05) is 6.07 Å². The zero-order valence-corrected chi connectivity index (χ0v) is 10.7. The Labute approximate surface area is 113 Å². The highest BCUT2D eigenvalue weighted by Crippen LogP contribution is 2.23. The molecule has 0 saturated carbocycles. The van der Waals surface area contributed by atoms with Gasteiger partial charge in [0.05, 0.1) is 17.0 Å². The predicted octanol–water partition coefficient (Wildman–Crippen LogP) is 1.92. The Morgan fingerprint density at radius 1 is 1.42 bits per heavy atom. The topological polar surface area (TPSA) is 83.1 Å². The second kappa shape index (κ2) is 5.50. The van der Waals surface area contributed by atoms with Crippen molar-refractivity contribution in [2.75, 3.05) is 0 Å². The first-order chi connectivity index (χ1) is 9.13. The van der Waals surface area contributed by atoms with E-state index in [9.17, 15) is 9.59 Å². The summed E-state index contributed by atoms with van der Waals surface area (Å²) in [4.78, 5) is 23.6. The van der Waals surface area contributed by atoms with Crippen LogP contribution in [0.2, 0.25) is 0 Å². The average Bonchev–Trinajstić information content (AvgIpc) is 2.90. The second-order valence-electron chi connectivity index (χ2n) is 3.82. The van der Waals surface area contributed by atoms with Crippen LogP contribution in [-0.2, 0) is 11.3 Å². The maximum absolute atomic E-state index is 12.1. The molecular formula is C13H10N2O3S. The molecule has 0 atom stereocenters. The fourth-order valence-electron chi connectivity index (χ4n) is 1.73. The molecule has 0 aliphatic rings. The molecule has 0 radical (unpaired) electrons. The number of hydrogen-bond acceptors (Lipinski definition) is 4. The number of carboxylic acid groups (broad SMARTS) is 1. The highest BCUT2D eigenvalue weighted by molar-refractivity contribution is 7.13. The molecule has 96 valence electrons. The van der Waals surface area contributed by atoms with Gasteiger partial charge in [0, 0.05) is 6.54 Å². The van der Waals surface area contributed by atoms with Gasteiger partial charge < -0.3 is 9.67 Å². The largest absolute Gasteiger partial charge is 0.481 e. The van der Waals surface area contributed by atoms with Crippen molar-refractivity contribution in [1.82, 2.24) is 4.57 Å². The van der Waals surface area contributed by atoms with E-state index in [1.54, 1.807) is 6.07 Å². The van der Waals surface area contributed by atoms with Crippen LogP contribution in [0, 0.1) is 11.3 Å². The van der Waals surface area contributed by atoms with Crippen molar-refractivity contribution in [3.63, 3.8) is 0 Å². The molecule has 0 saturated heterocycles. The number of rotatable bonds is 4. The molecule has 0 fully saturated rings. The minimum absolute atomic E-state index is 0.0192. The maximum Gasteiger partial charge on any atom is 0.305 e. The number of aromatic nitrogens is 1. The first-order valence-corrected chi connectivity index (χ1v) is 6.41. The monoisotopic (exact) mass is 274 g/mol. The van der Waals surface area contributed by atoms with E-state index in [0.29, 0.717) is 5.69 Å². The quantitative estimate of drug-likeness (QED) is 0.923. The fraction of sp³-hybridized carbons (Fsp3) is 0.154.